The molecule has 0 saturated carbocycles. The zero-order chi connectivity index (χ0) is 14.1. The molecule has 1 aromatic heterocycles. The van der Waals surface area contributed by atoms with Gasteiger partial charge in [-0.1, -0.05) is 0 Å². The Labute approximate surface area is 115 Å². The monoisotopic (exact) mass is 271 g/mol. The highest BCUT2D eigenvalue weighted by molar-refractivity contribution is 5.96. The van der Waals surface area contributed by atoms with Crippen LogP contribution in [-0.4, -0.2) is 17.5 Å². The maximum atomic E-state index is 11.3. The van der Waals surface area contributed by atoms with Crippen molar-refractivity contribution in [1.82, 2.24) is 4.98 Å². The number of anilines is 2. The van der Waals surface area contributed by atoms with Crippen molar-refractivity contribution in [2.75, 3.05) is 17.7 Å². The van der Waals surface area contributed by atoms with Gasteiger partial charge in [-0.05, 0) is 19.1 Å². The van der Waals surface area contributed by atoms with E-state index in [0.717, 1.165) is 5.69 Å². The van der Waals surface area contributed by atoms with Gasteiger partial charge in [0.1, 0.15) is 11.5 Å². The normalized spacial score (nSPS) is 13.2. The maximum Gasteiger partial charge on any atom is 0.262 e. The van der Waals surface area contributed by atoms with Crippen LogP contribution in [0, 0.1) is 6.92 Å². The van der Waals surface area contributed by atoms with Crippen LogP contribution >= 0.6 is 0 Å². The number of aromatic nitrogens is 1. The molecule has 0 aliphatic carbocycles. The van der Waals surface area contributed by atoms with Gasteiger partial charge in [0, 0.05) is 17.8 Å². The fourth-order valence-electron chi connectivity index (χ4n) is 1.85. The number of nitrogens with one attached hydrogen (secondary N) is 1. The molecule has 0 fully saturated rings. The topological polar surface area (TPSA) is 86.5 Å². The van der Waals surface area contributed by atoms with E-state index in [1.807, 2.05) is 13.0 Å². The summed E-state index contributed by atoms with van der Waals surface area (Å²) in [6, 6.07) is 6.92. The van der Waals surface area contributed by atoms with Gasteiger partial charge in [0.15, 0.2) is 12.4 Å². The van der Waals surface area contributed by atoms with Crippen LogP contribution in [-0.2, 0) is 4.79 Å². The average molecular weight is 271 g/mol. The third-order valence-corrected chi connectivity index (χ3v) is 2.86. The molecule has 1 aliphatic rings. The van der Waals surface area contributed by atoms with Crippen LogP contribution in [0.2, 0.25) is 0 Å². The largest absolute Gasteiger partial charge is 0.481 e. The number of hydrogen-bond acceptors (Lipinski definition) is 5. The Kier molecular flexibility index (Phi) is 2.90. The molecule has 6 nitrogen and oxygen atoms in total. The smallest absolute Gasteiger partial charge is 0.262 e. The minimum atomic E-state index is -0.203. The molecule has 0 atom stereocenters. The second kappa shape index (κ2) is 4.73. The predicted octanol–water partition coefficient (Wildman–Crippen LogP) is 2.10. The molecule has 0 bridgehead atoms. The van der Waals surface area contributed by atoms with E-state index in [0.29, 0.717) is 28.6 Å². The van der Waals surface area contributed by atoms with E-state index in [4.69, 9.17) is 15.2 Å². The van der Waals surface area contributed by atoms with E-state index in [1.165, 1.54) is 0 Å². The van der Waals surface area contributed by atoms with Gasteiger partial charge in [0.2, 0.25) is 0 Å². The van der Waals surface area contributed by atoms with Crippen LogP contribution in [0.15, 0.2) is 30.5 Å². The van der Waals surface area contributed by atoms with Crippen molar-refractivity contribution in [3.8, 4) is 17.2 Å². The first-order valence-electron chi connectivity index (χ1n) is 6.08. The first-order chi connectivity index (χ1) is 9.61. The standard InChI is InChI=1S/C14H13N3O3/c1-8-2-3-9(6-16-8)20-12-5-11-13(4-10(12)15)19-7-14(18)17-11/h2-6H,7,15H2,1H3,(H,17,18). The highest BCUT2D eigenvalue weighted by atomic mass is 16.5. The van der Waals surface area contributed by atoms with Crippen molar-refractivity contribution in [1.29, 1.82) is 0 Å². The van der Waals surface area contributed by atoms with Gasteiger partial charge < -0.3 is 20.5 Å². The molecule has 3 rings (SSSR count). The van der Waals surface area contributed by atoms with Crippen LogP contribution in [0.3, 0.4) is 0 Å². The molecule has 0 spiro atoms. The van der Waals surface area contributed by atoms with Crippen LogP contribution in [0.1, 0.15) is 5.69 Å². The quantitative estimate of drug-likeness (QED) is 0.817. The number of carbonyl (C=O) groups is 1. The molecule has 6 heteroatoms. The van der Waals surface area contributed by atoms with E-state index >= 15 is 0 Å². The zero-order valence-electron chi connectivity index (χ0n) is 10.8. The van der Waals surface area contributed by atoms with Gasteiger partial charge in [0.05, 0.1) is 17.6 Å². The number of rotatable bonds is 2. The highest BCUT2D eigenvalue weighted by Crippen LogP contribution is 2.38. The van der Waals surface area contributed by atoms with Crippen LogP contribution in [0.5, 0.6) is 17.2 Å². The summed E-state index contributed by atoms with van der Waals surface area (Å²) in [5.41, 5.74) is 7.80. The van der Waals surface area contributed by atoms with Gasteiger partial charge in [-0.3, -0.25) is 9.78 Å². The number of fused-ring (bicyclic) bond motifs is 1. The summed E-state index contributed by atoms with van der Waals surface area (Å²) in [4.78, 5) is 15.4. The summed E-state index contributed by atoms with van der Waals surface area (Å²) in [6.07, 6.45) is 1.61. The first-order valence-corrected chi connectivity index (χ1v) is 6.08. The lowest BCUT2D eigenvalue weighted by molar-refractivity contribution is -0.118. The fourth-order valence-corrected chi connectivity index (χ4v) is 1.85. The van der Waals surface area contributed by atoms with E-state index in [-0.39, 0.29) is 12.5 Å². The molecule has 2 aromatic rings. The average Bonchev–Trinajstić information content (AvgIpc) is 2.42. The van der Waals surface area contributed by atoms with Crippen molar-refractivity contribution in [2.45, 2.75) is 6.92 Å². The minimum Gasteiger partial charge on any atom is -0.481 e. The van der Waals surface area contributed by atoms with Gasteiger partial charge >= 0.3 is 0 Å². The lowest BCUT2D eigenvalue weighted by Gasteiger charge is -2.19. The summed E-state index contributed by atoms with van der Waals surface area (Å²) >= 11 is 0. The first kappa shape index (κ1) is 12.3. The summed E-state index contributed by atoms with van der Waals surface area (Å²) in [5, 5.41) is 2.71. The molecule has 1 aliphatic heterocycles. The van der Waals surface area contributed by atoms with Gasteiger partial charge in [-0.2, -0.15) is 0 Å². The summed E-state index contributed by atoms with van der Waals surface area (Å²) < 4.78 is 10.9. The zero-order valence-corrected chi connectivity index (χ0v) is 10.8. The number of ether oxygens (including phenoxy) is 2. The molecule has 20 heavy (non-hydrogen) atoms. The summed E-state index contributed by atoms with van der Waals surface area (Å²) in [6.45, 7) is 1.89. The Morgan fingerprint density at radius 1 is 1.40 bits per heavy atom. The number of hydrogen-bond donors (Lipinski definition) is 2. The van der Waals surface area contributed by atoms with Gasteiger partial charge in [0.25, 0.3) is 5.91 Å². The number of nitrogen functional groups attached to an aromatic ring is 1. The van der Waals surface area contributed by atoms with Crippen molar-refractivity contribution in [2.24, 2.45) is 0 Å². The van der Waals surface area contributed by atoms with Gasteiger partial charge in [-0.15, -0.1) is 0 Å². The van der Waals surface area contributed by atoms with E-state index in [2.05, 4.69) is 10.3 Å². The summed E-state index contributed by atoms with van der Waals surface area (Å²) in [7, 11) is 0. The Hall–Kier alpha value is -2.76. The molecule has 0 radical (unpaired) electrons. The molecule has 1 amide bonds. The van der Waals surface area contributed by atoms with Crippen molar-refractivity contribution in [3.05, 3.63) is 36.2 Å². The lowest BCUT2D eigenvalue weighted by atomic mass is 10.2. The second-order valence-electron chi connectivity index (χ2n) is 4.46. The Morgan fingerprint density at radius 2 is 2.25 bits per heavy atom. The lowest BCUT2D eigenvalue weighted by Crippen LogP contribution is -2.25. The molecular formula is C14H13N3O3. The number of benzene rings is 1. The van der Waals surface area contributed by atoms with Crippen LogP contribution < -0.4 is 20.5 Å². The van der Waals surface area contributed by atoms with Crippen molar-refractivity contribution < 1.29 is 14.3 Å². The number of carbonyl (C=O) groups excluding carboxylic acids is 1. The van der Waals surface area contributed by atoms with E-state index < -0.39 is 0 Å². The van der Waals surface area contributed by atoms with E-state index in [9.17, 15) is 4.79 Å². The molecular weight excluding hydrogens is 258 g/mol. The number of nitrogens with two attached hydrogens (primary N) is 1. The Morgan fingerprint density at radius 3 is 3.00 bits per heavy atom. The Balaban J connectivity index is 1.91. The number of aryl methyl sites for hydroxylation is 1. The minimum absolute atomic E-state index is 0.00543. The summed E-state index contributed by atoms with van der Waals surface area (Å²) in [5.74, 6) is 1.35. The second-order valence-corrected chi connectivity index (χ2v) is 4.46. The fraction of sp³-hybridized carbons (Fsp3) is 0.143. The van der Waals surface area contributed by atoms with Crippen LogP contribution in [0.4, 0.5) is 11.4 Å². The molecule has 0 saturated heterocycles. The molecule has 3 N–H and O–H groups in total. The van der Waals surface area contributed by atoms with E-state index in [1.54, 1.807) is 24.4 Å². The van der Waals surface area contributed by atoms with Crippen LogP contribution in [0.25, 0.3) is 0 Å². The van der Waals surface area contributed by atoms with Gasteiger partial charge in [-0.25, -0.2) is 0 Å². The Bertz CT molecular complexity index is 668. The number of pyridine rings is 1. The predicted molar refractivity (Wildman–Crippen MR) is 74.0 cm³/mol. The molecule has 2 heterocycles. The van der Waals surface area contributed by atoms with Crippen molar-refractivity contribution in [3.63, 3.8) is 0 Å². The molecule has 102 valence electrons. The molecule has 0 unspecified atom stereocenters. The highest BCUT2D eigenvalue weighted by Gasteiger charge is 2.18. The third-order valence-electron chi connectivity index (χ3n) is 2.86. The maximum absolute atomic E-state index is 11.3. The third kappa shape index (κ3) is 2.35. The number of nitrogens with zero attached hydrogens (tertiary/aromatic N) is 1. The SMILES string of the molecule is Cc1ccc(Oc2cc3c(cc2N)OCC(=O)N3)cn1. The van der Waals surface area contributed by atoms with Crippen molar-refractivity contribution >= 4 is 17.3 Å². The number of amides is 1. The molecule has 1 aromatic carbocycles.